The monoisotopic (exact) mass is 367 g/mol. The first-order valence-corrected chi connectivity index (χ1v) is 10.4. The van der Waals surface area contributed by atoms with Crippen molar-refractivity contribution < 1.29 is 4.74 Å². The average Bonchev–Trinajstić information content (AvgIpc) is 2.81. The second-order valence-electron chi connectivity index (χ2n) is 8.94. The number of rotatable bonds is 5. The summed E-state index contributed by atoms with van der Waals surface area (Å²) in [6.07, 6.45) is 3.97. The van der Waals surface area contributed by atoms with Gasteiger partial charge >= 0.3 is 0 Å². The summed E-state index contributed by atoms with van der Waals surface area (Å²) < 4.78 is 6.09. The number of likely N-dealkylation sites (N-methyl/N-ethyl adjacent to an activating group) is 1. The smallest absolute Gasteiger partial charge is 0.191 e. The maximum absolute atomic E-state index is 6.09. The first-order chi connectivity index (χ1) is 12.4. The number of hydrogen-bond donors (Lipinski definition) is 2. The molecule has 2 unspecified atom stereocenters. The molecule has 0 amide bonds. The van der Waals surface area contributed by atoms with Crippen LogP contribution >= 0.6 is 0 Å². The molecule has 2 aliphatic heterocycles. The summed E-state index contributed by atoms with van der Waals surface area (Å²) in [4.78, 5) is 9.37. The summed E-state index contributed by atoms with van der Waals surface area (Å²) in [7, 11) is 4.07. The Morgan fingerprint density at radius 3 is 2.65 bits per heavy atom. The summed E-state index contributed by atoms with van der Waals surface area (Å²) in [6.45, 7) is 15.4. The second-order valence-corrected chi connectivity index (χ2v) is 8.94. The predicted molar refractivity (Wildman–Crippen MR) is 110 cm³/mol. The minimum absolute atomic E-state index is 0.184. The summed E-state index contributed by atoms with van der Waals surface area (Å²) in [5.74, 6) is 1.46. The highest BCUT2D eigenvalue weighted by atomic mass is 16.5. The Labute approximate surface area is 160 Å². The molecule has 0 aromatic rings. The molecule has 6 heteroatoms. The fraction of sp³-hybridized carbons (Fsp3) is 0.950. The second kappa shape index (κ2) is 10.5. The zero-order valence-corrected chi connectivity index (χ0v) is 17.7. The molecule has 2 atom stereocenters. The zero-order chi connectivity index (χ0) is 19.0. The lowest BCUT2D eigenvalue weighted by Crippen LogP contribution is -2.48. The van der Waals surface area contributed by atoms with Gasteiger partial charge in [0.2, 0.25) is 0 Å². The molecule has 6 nitrogen and oxygen atoms in total. The summed E-state index contributed by atoms with van der Waals surface area (Å²) in [6, 6.07) is 0. The molecule has 0 bridgehead atoms. The topological polar surface area (TPSA) is 52.1 Å². The van der Waals surface area contributed by atoms with Crippen LogP contribution in [-0.2, 0) is 4.74 Å². The van der Waals surface area contributed by atoms with E-state index in [9.17, 15) is 0 Å². The van der Waals surface area contributed by atoms with E-state index in [2.05, 4.69) is 53.2 Å². The summed E-state index contributed by atoms with van der Waals surface area (Å²) >= 11 is 0. The van der Waals surface area contributed by atoms with Gasteiger partial charge in [0.05, 0.1) is 6.10 Å². The van der Waals surface area contributed by atoms with Crippen LogP contribution in [0.4, 0.5) is 0 Å². The van der Waals surface area contributed by atoms with E-state index in [1.165, 1.54) is 32.5 Å². The number of ether oxygens (including phenoxy) is 1. The molecule has 0 aromatic carbocycles. The molecule has 0 radical (unpaired) electrons. The fourth-order valence-electron chi connectivity index (χ4n) is 4.11. The highest BCUT2D eigenvalue weighted by Gasteiger charge is 2.35. The van der Waals surface area contributed by atoms with Crippen molar-refractivity contribution in [3.05, 3.63) is 0 Å². The molecule has 2 fully saturated rings. The van der Waals surface area contributed by atoms with Crippen molar-refractivity contribution in [2.45, 2.75) is 46.1 Å². The van der Waals surface area contributed by atoms with Gasteiger partial charge in [0, 0.05) is 52.3 Å². The molecule has 152 valence electrons. The molecule has 0 spiro atoms. The zero-order valence-electron chi connectivity index (χ0n) is 17.7. The molecule has 2 N–H and O–H groups in total. The molecule has 0 aliphatic carbocycles. The highest BCUT2D eigenvalue weighted by Crippen LogP contribution is 2.33. The van der Waals surface area contributed by atoms with Crippen LogP contribution in [0.3, 0.4) is 0 Å². The van der Waals surface area contributed by atoms with Crippen molar-refractivity contribution in [3.63, 3.8) is 0 Å². The Balaban J connectivity index is 1.71. The molecule has 2 heterocycles. The minimum Gasteiger partial charge on any atom is -0.377 e. The third-order valence-electron chi connectivity index (χ3n) is 5.59. The molecule has 2 rings (SSSR count). The SMILES string of the molecule is CN=C(NCCN1CCCN(C)CC1)NCC1CCCOC1C(C)(C)C. The minimum atomic E-state index is 0.184. The van der Waals surface area contributed by atoms with Crippen LogP contribution in [0.15, 0.2) is 4.99 Å². The highest BCUT2D eigenvalue weighted by molar-refractivity contribution is 5.79. The van der Waals surface area contributed by atoms with Gasteiger partial charge in [0.1, 0.15) is 0 Å². The summed E-state index contributed by atoms with van der Waals surface area (Å²) in [5.41, 5.74) is 0.184. The standard InChI is InChI=1S/C20H41N5O/c1-20(2,3)18-17(8-6-15-26-18)16-23-19(21-4)22-9-12-25-11-7-10-24(5)13-14-25/h17-18H,6-16H2,1-5H3,(H2,21,22,23). The van der Waals surface area contributed by atoms with Crippen LogP contribution in [0.1, 0.15) is 40.0 Å². The molecule has 26 heavy (non-hydrogen) atoms. The van der Waals surface area contributed by atoms with E-state index in [0.717, 1.165) is 45.2 Å². The molecule has 0 aromatic heterocycles. The predicted octanol–water partition coefficient (Wildman–Crippen LogP) is 1.63. The van der Waals surface area contributed by atoms with Gasteiger partial charge in [0.25, 0.3) is 0 Å². The normalized spacial score (nSPS) is 27.2. The van der Waals surface area contributed by atoms with Crippen molar-refractivity contribution in [2.24, 2.45) is 16.3 Å². The van der Waals surface area contributed by atoms with E-state index in [-0.39, 0.29) is 5.41 Å². The Bertz CT molecular complexity index is 434. The number of nitrogens with zero attached hydrogens (tertiary/aromatic N) is 3. The van der Waals surface area contributed by atoms with Crippen LogP contribution < -0.4 is 10.6 Å². The van der Waals surface area contributed by atoms with Crippen molar-refractivity contribution >= 4 is 5.96 Å². The number of hydrogen-bond acceptors (Lipinski definition) is 4. The quantitative estimate of drug-likeness (QED) is 0.571. The molecule has 2 aliphatic rings. The van der Waals surface area contributed by atoms with Gasteiger partial charge in [0.15, 0.2) is 5.96 Å². The Hall–Kier alpha value is -0.850. The van der Waals surface area contributed by atoms with Crippen molar-refractivity contribution in [1.82, 2.24) is 20.4 Å². The van der Waals surface area contributed by atoms with Gasteiger partial charge in [-0.25, -0.2) is 0 Å². The maximum atomic E-state index is 6.09. The molecule has 0 saturated carbocycles. The lowest BCUT2D eigenvalue weighted by Gasteiger charge is -2.40. The first-order valence-electron chi connectivity index (χ1n) is 10.4. The van der Waals surface area contributed by atoms with Crippen molar-refractivity contribution in [3.8, 4) is 0 Å². The van der Waals surface area contributed by atoms with Crippen LogP contribution in [0.5, 0.6) is 0 Å². The number of aliphatic imine (C=N–C) groups is 1. The number of nitrogens with one attached hydrogen (secondary N) is 2. The van der Waals surface area contributed by atoms with Crippen LogP contribution in [-0.4, -0.2) is 88.4 Å². The van der Waals surface area contributed by atoms with Gasteiger partial charge in [-0.05, 0) is 44.8 Å². The van der Waals surface area contributed by atoms with E-state index in [1.807, 2.05) is 7.05 Å². The third kappa shape index (κ3) is 7.05. The van der Waals surface area contributed by atoms with E-state index in [0.29, 0.717) is 12.0 Å². The van der Waals surface area contributed by atoms with Gasteiger partial charge in [-0.3, -0.25) is 4.99 Å². The largest absolute Gasteiger partial charge is 0.377 e. The lowest BCUT2D eigenvalue weighted by atomic mass is 9.78. The Morgan fingerprint density at radius 1 is 1.12 bits per heavy atom. The summed E-state index contributed by atoms with van der Waals surface area (Å²) in [5, 5.41) is 7.01. The Kier molecular flexibility index (Phi) is 8.64. The fourth-order valence-corrected chi connectivity index (χ4v) is 4.11. The molecular formula is C20H41N5O. The van der Waals surface area contributed by atoms with Crippen LogP contribution in [0.2, 0.25) is 0 Å². The van der Waals surface area contributed by atoms with Crippen LogP contribution in [0, 0.1) is 11.3 Å². The van der Waals surface area contributed by atoms with E-state index in [1.54, 1.807) is 0 Å². The van der Waals surface area contributed by atoms with Crippen LogP contribution in [0.25, 0.3) is 0 Å². The maximum Gasteiger partial charge on any atom is 0.191 e. The third-order valence-corrected chi connectivity index (χ3v) is 5.59. The molecule has 2 saturated heterocycles. The Morgan fingerprint density at radius 2 is 1.92 bits per heavy atom. The first kappa shape index (κ1) is 21.5. The lowest BCUT2D eigenvalue weighted by molar-refractivity contribution is -0.0835. The van der Waals surface area contributed by atoms with E-state index >= 15 is 0 Å². The van der Waals surface area contributed by atoms with Gasteiger partial charge in [-0.2, -0.15) is 0 Å². The van der Waals surface area contributed by atoms with Crippen molar-refractivity contribution in [1.29, 1.82) is 0 Å². The van der Waals surface area contributed by atoms with Gasteiger partial charge in [-0.1, -0.05) is 20.8 Å². The molecular weight excluding hydrogens is 326 g/mol. The van der Waals surface area contributed by atoms with E-state index < -0.39 is 0 Å². The average molecular weight is 368 g/mol. The van der Waals surface area contributed by atoms with Crippen molar-refractivity contribution in [2.75, 3.05) is 66.5 Å². The van der Waals surface area contributed by atoms with E-state index in [4.69, 9.17) is 4.74 Å². The number of guanidine groups is 1. The van der Waals surface area contributed by atoms with Gasteiger partial charge < -0.3 is 25.2 Å². The van der Waals surface area contributed by atoms with Gasteiger partial charge in [-0.15, -0.1) is 0 Å².